The molecule has 0 bridgehead atoms. The number of sulfone groups is 2. The maximum Gasteiger partial charge on any atom is 0.207 e. The number of hydrogen-bond acceptors (Lipinski definition) is 6. The molecule has 4 aliphatic heterocycles. The first-order valence-corrected chi connectivity index (χ1v) is 32.8. The molecule has 10 heteroatoms. The Balaban J connectivity index is 0.765. The third kappa shape index (κ3) is 6.73. The van der Waals surface area contributed by atoms with Gasteiger partial charge in [-0.25, -0.2) is 16.8 Å². The molecule has 0 spiro atoms. The molecular weight excluding hydrogens is 1120 g/mol. The molecule has 0 amide bonds. The molecule has 0 atom stereocenters. The van der Waals surface area contributed by atoms with E-state index in [0.717, 1.165) is 111 Å². The Kier molecular flexibility index (Phi) is 10.3. The van der Waals surface area contributed by atoms with Crippen molar-refractivity contribution in [1.82, 2.24) is 9.13 Å². The van der Waals surface area contributed by atoms with Crippen molar-refractivity contribution in [3.63, 3.8) is 0 Å². The van der Waals surface area contributed by atoms with Gasteiger partial charge in [0.1, 0.15) is 0 Å². The van der Waals surface area contributed by atoms with Crippen LogP contribution in [0.25, 0.3) is 88.4 Å². The van der Waals surface area contributed by atoms with Crippen LogP contribution in [0.2, 0.25) is 0 Å². The maximum atomic E-state index is 14.6. The predicted molar refractivity (Wildman–Crippen MR) is 356 cm³/mol. The van der Waals surface area contributed by atoms with Crippen molar-refractivity contribution in [2.75, 3.05) is 9.80 Å². The Bertz CT molecular complexity index is 5610. The molecule has 88 heavy (non-hydrogen) atoms. The summed E-state index contributed by atoms with van der Waals surface area (Å²) in [4.78, 5) is 5.82. The standard InChI is InChI=1S/C78H54N4O4S2/c1-77(2)61-22-8-14-28-68(61)81(69-29-15-9-23-62(69)77)50-35-40-74-59(45-50)60-46-51(36-41-75(60)88(74,85)86)82-70-30-16-10-24-63(70)78(3,4)76-52(21-17-31-71(76)82)47-32-37-67-56(42-47)55-20-7-13-27-66(55)80(67)49-34-39-73-58(44-49)57-43-48(33-38-72(57)87(73,83)84)79-64-25-11-5-18-53(64)54-19-6-12-26-65(54)79/h5-46H,1-4H3. The van der Waals surface area contributed by atoms with Crippen LogP contribution in [0.4, 0.5) is 34.1 Å². The molecule has 0 unspecified atom stereocenters. The maximum absolute atomic E-state index is 14.6. The largest absolute Gasteiger partial charge is 0.310 e. The lowest BCUT2D eigenvalue weighted by Gasteiger charge is -2.43. The highest BCUT2D eigenvalue weighted by atomic mass is 32.2. The summed E-state index contributed by atoms with van der Waals surface area (Å²) in [5.74, 6) is 0. The van der Waals surface area contributed by atoms with Crippen LogP contribution in [-0.4, -0.2) is 26.0 Å². The van der Waals surface area contributed by atoms with Gasteiger partial charge in [-0.05, 0) is 161 Å². The average Bonchev–Trinajstić information content (AvgIpc) is 0.912. The van der Waals surface area contributed by atoms with Crippen LogP contribution in [0.1, 0.15) is 49.9 Å². The second-order valence-electron chi connectivity index (χ2n) is 24.9. The van der Waals surface area contributed by atoms with Crippen LogP contribution in [0.5, 0.6) is 0 Å². The number of benzene rings is 12. The summed E-state index contributed by atoms with van der Waals surface area (Å²) in [5, 5.41) is 4.42. The molecule has 0 N–H and O–H groups in total. The van der Waals surface area contributed by atoms with E-state index in [4.69, 9.17) is 0 Å². The van der Waals surface area contributed by atoms with Crippen LogP contribution in [0.15, 0.2) is 274 Å². The number of fused-ring (bicyclic) bond motifs is 16. The lowest BCUT2D eigenvalue weighted by molar-refractivity contribution is 0.597. The Morgan fingerprint density at radius 3 is 1.10 bits per heavy atom. The smallest absolute Gasteiger partial charge is 0.207 e. The minimum absolute atomic E-state index is 0.245. The highest BCUT2D eigenvalue weighted by Crippen LogP contribution is 2.58. The average molecular weight is 1180 g/mol. The number of aromatic nitrogens is 2. The van der Waals surface area contributed by atoms with Crippen molar-refractivity contribution < 1.29 is 16.8 Å². The SMILES string of the molecule is CC1(C)c2ccccc2N(c2ccc3c(c2)-c2cc(N4c5ccccc5C(C)(C)c5c(-c6ccc7c(c6)c6ccccc6n7-c6ccc7c(c6)-c6cc(-n8c9ccccc9c9ccccc98)ccc6S7(=O)=O)cccc54)ccc2S3(=O)=O)c2ccccc21. The first-order valence-electron chi connectivity index (χ1n) is 29.8. The molecular formula is C78H54N4O4S2. The van der Waals surface area contributed by atoms with Crippen LogP contribution >= 0.6 is 0 Å². The summed E-state index contributed by atoms with van der Waals surface area (Å²) in [6, 6.07) is 87.3. The fourth-order valence-corrected chi connectivity index (χ4v) is 18.9. The number of hydrogen-bond donors (Lipinski definition) is 0. The molecule has 2 aromatic heterocycles. The minimum atomic E-state index is -3.84. The van der Waals surface area contributed by atoms with Gasteiger partial charge in [-0.1, -0.05) is 155 Å². The van der Waals surface area contributed by atoms with Gasteiger partial charge >= 0.3 is 0 Å². The fourth-order valence-electron chi connectivity index (χ4n) is 15.6. The van der Waals surface area contributed by atoms with Crippen molar-refractivity contribution in [2.45, 2.75) is 58.1 Å². The van der Waals surface area contributed by atoms with Gasteiger partial charge in [0.05, 0.1) is 64.4 Å². The van der Waals surface area contributed by atoms with E-state index in [-0.39, 0.29) is 5.41 Å². The van der Waals surface area contributed by atoms with Gasteiger partial charge in [0.25, 0.3) is 0 Å². The second-order valence-corrected chi connectivity index (χ2v) is 28.6. The van der Waals surface area contributed by atoms with E-state index in [0.29, 0.717) is 41.8 Å². The molecule has 14 aromatic rings. The van der Waals surface area contributed by atoms with Crippen molar-refractivity contribution in [1.29, 1.82) is 0 Å². The van der Waals surface area contributed by atoms with Gasteiger partial charge in [0.2, 0.25) is 19.7 Å². The van der Waals surface area contributed by atoms with Gasteiger partial charge in [-0.2, -0.15) is 0 Å². The van der Waals surface area contributed by atoms with Crippen molar-refractivity contribution in [2.24, 2.45) is 0 Å². The molecule has 0 radical (unpaired) electrons. The lowest BCUT2D eigenvalue weighted by Crippen LogP contribution is -2.31. The highest BCUT2D eigenvalue weighted by Gasteiger charge is 2.42. The molecule has 0 fully saturated rings. The van der Waals surface area contributed by atoms with Crippen LogP contribution in [-0.2, 0) is 30.5 Å². The van der Waals surface area contributed by atoms with Crippen molar-refractivity contribution in [3.8, 4) is 44.8 Å². The molecule has 8 nitrogen and oxygen atoms in total. The quantitative estimate of drug-likeness (QED) is 0.171. The molecule has 12 aromatic carbocycles. The summed E-state index contributed by atoms with van der Waals surface area (Å²) in [6.07, 6.45) is 0. The summed E-state index contributed by atoms with van der Waals surface area (Å²) < 4.78 is 62.6. The van der Waals surface area contributed by atoms with Gasteiger partial charge < -0.3 is 18.9 Å². The van der Waals surface area contributed by atoms with Crippen LogP contribution in [0, 0.1) is 0 Å². The highest BCUT2D eigenvalue weighted by molar-refractivity contribution is 7.92. The van der Waals surface area contributed by atoms with Crippen molar-refractivity contribution in [3.05, 3.63) is 277 Å². The van der Waals surface area contributed by atoms with E-state index in [1.54, 1.807) is 24.3 Å². The van der Waals surface area contributed by atoms with Crippen molar-refractivity contribution >= 4 is 97.4 Å². The second kappa shape index (κ2) is 17.7. The number of para-hydroxylation sites is 6. The van der Waals surface area contributed by atoms with E-state index in [9.17, 15) is 16.8 Å². The Hall–Kier alpha value is -10.3. The Labute approximate surface area is 509 Å². The molecule has 422 valence electrons. The lowest BCUT2D eigenvalue weighted by atomic mass is 9.71. The van der Waals surface area contributed by atoms with Gasteiger partial charge in [0, 0.05) is 77.4 Å². The van der Waals surface area contributed by atoms with Gasteiger partial charge in [0.15, 0.2) is 0 Å². The fraction of sp³-hybridized carbons (Fsp3) is 0.0769. The third-order valence-corrected chi connectivity index (χ3v) is 23.3. The zero-order valence-electron chi connectivity index (χ0n) is 48.5. The molecule has 0 aliphatic carbocycles. The van der Waals surface area contributed by atoms with Gasteiger partial charge in [-0.15, -0.1) is 0 Å². The summed E-state index contributed by atoms with van der Waals surface area (Å²) in [7, 11) is -7.63. The number of anilines is 6. The topological polar surface area (TPSA) is 84.6 Å². The molecule has 4 aliphatic rings. The third-order valence-electron chi connectivity index (χ3n) is 19.6. The first-order chi connectivity index (χ1) is 42.7. The zero-order valence-corrected chi connectivity index (χ0v) is 50.1. The van der Waals surface area contributed by atoms with E-state index in [2.05, 4.69) is 235 Å². The van der Waals surface area contributed by atoms with Gasteiger partial charge in [-0.3, -0.25) is 0 Å². The zero-order chi connectivity index (χ0) is 59.3. The minimum Gasteiger partial charge on any atom is -0.310 e. The summed E-state index contributed by atoms with van der Waals surface area (Å²) in [5.41, 5.74) is 20.7. The molecule has 6 heterocycles. The molecule has 18 rings (SSSR count). The first kappa shape index (κ1) is 51.0. The normalized spacial score (nSPS) is 15.8. The Morgan fingerprint density at radius 2 is 0.636 bits per heavy atom. The molecule has 0 saturated carbocycles. The Morgan fingerprint density at radius 1 is 0.284 bits per heavy atom. The summed E-state index contributed by atoms with van der Waals surface area (Å²) >= 11 is 0. The predicted octanol–water partition coefficient (Wildman–Crippen LogP) is 19.4. The van der Waals surface area contributed by atoms with E-state index >= 15 is 0 Å². The number of rotatable bonds is 5. The van der Waals surface area contributed by atoms with Crippen LogP contribution in [0.3, 0.4) is 0 Å². The van der Waals surface area contributed by atoms with Crippen LogP contribution < -0.4 is 9.80 Å². The van der Waals surface area contributed by atoms with E-state index in [1.165, 1.54) is 11.1 Å². The number of nitrogens with zero attached hydrogens (tertiary/aromatic N) is 4. The summed E-state index contributed by atoms with van der Waals surface area (Å²) in [6.45, 7) is 9.15. The van der Waals surface area contributed by atoms with E-state index < -0.39 is 25.1 Å². The van der Waals surface area contributed by atoms with E-state index in [1.807, 2.05) is 42.5 Å². The molecule has 0 saturated heterocycles. The monoisotopic (exact) mass is 1170 g/mol.